The van der Waals surface area contributed by atoms with Crippen molar-refractivity contribution < 1.29 is 9.47 Å². The minimum Gasteiger partial charge on any atom is -0.383 e. The van der Waals surface area contributed by atoms with Crippen molar-refractivity contribution in [2.75, 3.05) is 53.6 Å². The Kier molecular flexibility index (Phi) is 11.2. The Morgan fingerprint density at radius 1 is 1.19 bits per heavy atom. The second kappa shape index (κ2) is 11.3. The minimum absolute atomic E-state index is 0.508. The first-order valence-electron chi connectivity index (χ1n) is 6.18. The number of hydrogen-bond donors (Lipinski definition) is 1. The van der Waals surface area contributed by atoms with E-state index in [1.807, 2.05) is 0 Å². The van der Waals surface area contributed by atoms with Gasteiger partial charge < -0.3 is 14.8 Å². The van der Waals surface area contributed by atoms with Gasteiger partial charge >= 0.3 is 0 Å². The normalized spacial score (nSPS) is 13.3. The van der Waals surface area contributed by atoms with Crippen molar-refractivity contribution in [1.82, 2.24) is 10.2 Å². The molecule has 0 aromatic carbocycles. The molecule has 1 N–H and O–H groups in total. The SMILES string of the molecule is CCN(CCCNCCOC)C(C)COC. The molecule has 0 aliphatic carbocycles. The van der Waals surface area contributed by atoms with Gasteiger partial charge in [0.25, 0.3) is 0 Å². The van der Waals surface area contributed by atoms with Gasteiger partial charge in [0.1, 0.15) is 0 Å². The molecular weight excluding hydrogens is 204 g/mol. The van der Waals surface area contributed by atoms with Crippen molar-refractivity contribution >= 4 is 0 Å². The first kappa shape index (κ1) is 15.8. The van der Waals surface area contributed by atoms with E-state index >= 15 is 0 Å². The van der Waals surface area contributed by atoms with Crippen LogP contribution in [0, 0.1) is 0 Å². The van der Waals surface area contributed by atoms with Crippen LogP contribution in [0.15, 0.2) is 0 Å². The highest BCUT2D eigenvalue weighted by Gasteiger charge is 2.10. The van der Waals surface area contributed by atoms with Crippen LogP contribution in [0.5, 0.6) is 0 Å². The van der Waals surface area contributed by atoms with Gasteiger partial charge in [-0.2, -0.15) is 0 Å². The van der Waals surface area contributed by atoms with Crippen molar-refractivity contribution in [2.45, 2.75) is 26.3 Å². The Morgan fingerprint density at radius 2 is 1.94 bits per heavy atom. The van der Waals surface area contributed by atoms with E-state index in [-0.39, 0.29) is 0 Å². The Hall–Kier alpha value is -0.160. The Bertz CT molecular complexity index is 145. The van der Waals surface area contributed by atoms with E-state index in [0.29, 0.717) is 6.04 Å². The average molecular weight is 232 g/mol. The highest BCUT2D eigenvalue weighted by atomic mass is 16.5. The highest BCUT2D eigenvalue weighted by molar-refractivity contribution is 4.65. The number of methoxy groups -OCH3 is 2. The third-order valence-electron chi connectivity index (χ3n) is 2.72. The van der Waals surface area contributed by atoms with Crippen LogP contribution < -0.4 is 5.32 Å². The molecule has 0 aliphatic heterocycles. The van der Waals surface area contributed by atoms with Crippen LogP contribution in [0.25, 0.3) is 0 Å². The quantitative estimate of drug-likeness (QED) is 0.538. The fourth-order valence-electron chi connectivity index (χ4n) is 1.74. The van der Waals surface area contributed by atoms with Gasteiger partial charge in [-0.3, -0.25) is 4.90 Å². The lowest BCUT2D eigenvalue weighted by Gasteiger charge is -2.27. The molecular formula is C12H28N2O2. The van der Waals surface area contributed by atoms with Gasteiger partial charge in [0.15, 0.2) is 0 Å². The summed E-state index contributed by atoms with van der Waals surface area (Å²) in [5.41, 5.74) is 0. The van der Waals surface area contributed by atoms with Crippen molar-refractivity contribution in [3.8, 4) is 0 Å². The first-order valence-corrected chi connectivity index (χ1v) is 6.18. The zero-order chi connectivity index (χ0) is 12.2. The minimum atomic E-state index is 0.508. The van der Waals surface area contributed by atoms with E-state index in [2.05, 4.69) is 24.1 Å². The summed E-state index contributed by atoms with van der Waals surface area (Å²) in [6.07, 6.45) is 1.17. The second-order valence-electron chi connectivity index (χ2n) is 4.03. The molecule has 98 valence electrons. The molecule has 0 aliphatic rings. The lowest BCUT2D eigenvalue weighted by Crippen LogP contribution is -2.37. The third kappa shape index (κ3) is 8.05. The Balaban J connectivity index is 3.47. The van der Waals surface area contributed by atoms with Gasteiger partial charge in [-0.1, -0.05) is 6.92 Å². The zero-order valence-electron chi connectivity index (χ0n) is 11.3. The lowest BCUT2D eigenvalue weighted by molar-refractivity contribution is 0.102. The molecule has 0 rings (SSSR count). The standard InChI is InChI=1S/C12H28N2O2/c1-5-14(12(2)11-16-4)9-6-7-13-8-10-15-3/h12-13H,5-11H2,1-4H3. The van der Waals surface area contributed by atoms with Gasteiger partial charge in [0.05, 0.1) is 13.2 Å². The van der Waals surface area contributed by atoms with Crippen LogP contribution in [0.2, 0.25) is 0 Å². The number of hydrogen-bond acceptors (Lipinski definition) is 4. The maximum absolute atomic E-state index is 5.17. The van der Waals surface area contributed by atoms with Gasteiger partial charge in [-0.05, 0) is 33.0 Å². The van der Waals surface area contributed by atoms with E-state index in [0.717, 1.165) is 39.4 Å². The Morgan fingerprint density at radius 3 is 2.50 bits per heavy atom. The maximum Gasteiger partial charge on any atom is 0.0615 e. The van der Waals surface area contributed by atoms with Crippen molar-refractivity contribution in [3.05, 3.63) is 0 Å². The molecule has 0 heterocycles. The third-order valence-corrected chi connectivity index (χ3v) is 2.72. The fraction of sp³-hybridized carbons (Fsp3) is 1.00. The summed E-state index contributed by atoms with van der Waals surface area (Å²) in [4.78, 5) is 2.45. The van der Waals surface area contributed by atoms with E-state index in [1.54, 1.807) is 14.2 Å². The monoisotopic (exact) mass is 232 g/mol. The number of nitrogens with zero attached hydrogens (tertiary/aromatic N) is 1. The molecule has 0 saturated carbocycles. The van der Waals surface area contributed by atoms with Crippen LogP contribution in [-0.2, 0) is 9.47 Å². The van der Waals surface area contributed by atoms with Gasteiger partial charge in [-0.25, -0.2) is 0 Å². The molecule has 0 aromatic heterocycles. The molecule has 16 heavy (non-hydrogen) atoms. The summed E-state index contributed by atoms with van der Waals surface area (Å²) in [7, 11) is 3.49. The van der Waals surface area contributed by atoms with Crippen LogP contribution in [0.1, 0.15) is 20.3 Å². The summed E-state index contributed by atoms with van der Waals surface area (Å²) < 4.78 is 10.1. The maximum atomic E-state index is 5.17. The molecule has 0 amide bonds. The summed E-state index contributed by atoms with van der Waals surface area (Å²) in [5, 5.41) is 3.35. The lowest BCUT2D eigenvalue weighted by atomic mass is 10.2. The number of rotatable bonds is 11. The smallest absolute Gasteiger partial charge is 0.0615 e. The predicted octanol–water partition coefficient (Wildman–Crippen LogP) is 0.969. The molecule has 0 radical (unpaired) electrons. The number of likely N-dealkylation sites (N-methyl/N-ethyl adjacent to an activating group) is 1. The molecule has 0 fully saturated rings. The van der Waals surface area contributed by atoms with E-state index in [9.17, 15) is 0 Å². The summed E-state index contributed by atoms with van der Waals surface area (Å²) in [5.74, 6) is 0. The van der Waals surface area contributed by atoms with Gasteiger partial charge in [0, 0.05) is 26.8 Å². The van der Waals surface area contributed by atoms with Gasteiger partial charge in [0.2, 0.25) is 0 Å². The zero-order valence-corrected chi connectivity index (χ0v) is 11.3. The topological polar surface area (TPSA) is 33.7 Å². The molecule has 4 nitrogen and oxygen atoms in total. The van der Waals surface area contributed by atoms with Crippen LogP contribution >= 0.6 is 0 Å². The summed E-state index contributed by atoms with van der Waals surface area (Å²) in [6.45, 7) is 10.2. The largest absolute Gasteiger partial charge is 0.383 e. The molecule has 1 atom stereocenters. The van der Waals surface area contributed by atoms with E-state index in [1.165, 1.54) is 6.42 Å². The van der Waals surface area contributed by atoms with E-state index in [4.69, 9.17) is 9.47 Å². The second-order valence-corrected chi connectivity index (χ2v) is 4.03. The van der Waals surface area contributed by atoms with Crippen LogP contribution in [0.4, 0.5) is 0 Å². The molecule has 0 saturated heterocycles. The molecule has 1 unspecified atom stereocenters. The molecule has 4 heteroatoms. The van der Waals surface area contributed by atoms with Gasteiger partial charge in [-0.15, -0.1) is 0 Å². The highest BCUT2D eigenvalue weighted by Crippen LogP contribution is 2.00. The van der Waals surface area contributed by atoms with E-state index < -0.39 is 0 Å². The van der Waals surface area contributed by atoms with Crippen molar-refractivity contribution in [3.63, 3.8) is 0 Å². The van der Waals surface area contributed by atoms with Crippen molar-refractivity contribution in [2.24, 2.45) is 0 Å². The molecule has 0 spiro atoms. The summed E-state index contributed by atoms with van der Waals surface area (Å²) >= 11 is 0. The number of ether oxygens (including phenoxy) is 2. The predicted molar refractivity (Wildman–Crippen MR) is 67.9 cm³/mol. The molecule has 0 bridgehead atoms. The van der Waals surface area contributed by atoms with Crippen LogP contribution in [0.3, 0.4) is 0 Å². The molecule has 0 aromatic rings. The average Bonchev–Trinajstić information content (AvgIpc) is 2.28. The van der Waals surface area contributed by atoms with Crippen LogP contribution in [-0.4, -0.2) is 64.6 Å². The van der Waals surface area contributed by atoms with Crippen molar-refractivity contribution in [1.29, 1.82) is 0 Å². The fourth-order valence-corrected chi connectivity index (χ4v) is 1.74. The number of nitrogens with one attached hydrogen (secondary N) is 1. The summed E-state index contributed by atoms with van der Waals surface area (Å²) in [6, 6.07) is 0.508. The Labute approximate surface area is 100 Å². The first-order chi connectivity index (χ1) is 7.76.